The predicted molar refractivity (Wildman–Crippen MR) is 138 cm³/mol. The number of para-hydroxylation sites is 1. The molecule has 0 bridgehead atoms. The second kappa shape index (κ2) is 11.5. The van der Waals surface area contributed by atoms with Gasteiger partial charge in [0.2, 0.25) is 11.8 Å². The van der Waals surface area contributed by atoms with Gasteiger partial charge in [0.05, 0.1) is 11.3 Å². The van der Waals surface area contributed by atoms with Crippen LogP contribution in [0.3, 0.4) is 0 Å². The number of aryl methyl sites for hydroxylation is 1. The Hall–Kier alpha value is -3.91. The Bertz CT molecular complexity index is 1210. The maximum atomic E-state index is 13.1. The molecule has 0 unspecified atom stereocenters. The number of nitrogens with one attached hydrogen (secondary N) is 1. The van der Waals surface area contributed by atoms with Crippen LogP contribution in [0.1, 0.15) is 28.8 Å². The maximum Gasteiger partial charge on any atom is 0.335 e. The minimum atomic E-state index is -1.04. The molecule has 0 aliphatic carbocycles. The molecule has 1 aliphatic heterocycles. The lowest BCUT2D eigenvalue weighted by Gasteiger charge is -2.32. The fourth-order valence-corrected chi connectivity index (χ4v) is 4.80. The molecular formula is C27H25N3O4S. The molecule has 7 nitrogen and oxygen atoms in total. The van der Waals surface area contributed by atoms with Gasteiger partial charge in [0.25, 0.3) is 0 Å². The van der Waals surface area contributed by atoms with Crippen LogP contribution in [0.5, 0.6) is 0 Å². The summed E-state index contributed by atoms with van der Waals surface area (Å²) in [5.41, 5.74) is 2.52. The average molecular weight is 488 g/mol. The number of thioether (sulfide) groups is 1. The number of aromatic carboxylic acids is 1. The Morgan fingerprint density at radius 1 is 0.971 bits per heavy atom. The number of hydrogen-bond acceptors (Lipinski definition) is 5. The Balaban J connectivity index is 1.47. The van der Waals surface area contributed by atoms with Crippen LogP contribution in [0.4, 0.5) is 11.4 Å². The number of rotatable bonds is 8. The summed E-state index contributed by atoms with van der Waals surface area (Å²) < 4.78 is 0. The molecule has 3 aromatic carbocycles. The molecule has 0 aromatic heterocycles. The van der Waals surface area contributed by atoms with Gasteiger partial charge < -0.3 is 10.4 Å². The minimum Gasteiger partial charge on any atom is -0.478 e. The number of carboxylic acid groups (broad SMARTS) is 1. The molecule has 35 heavy (non-hydrogen) atoms. The predicted octanol–water partition coefficient (Wildman–Crippen LogP) is 4.98. The quantitative estimate of drug-likeness (QED) is 0.467. The smallest absolute Gasteiger partial charge is 0.335 e. The fraction of sp³-hybridized carbons (Fsp3) is 0.185. The van der Waals surface area contributed by atoms with E-state index in [9.17, 15) is 14.4 Å². The van der Waals surface area contributed by atoms with Crippen molar-refractivity contribution in [2.24, 2.45) is 4.99 Å². The molecule has 8 heteroatoms. The number of carbonyl (C=O) groups is 3. The number of amidine groups is 1. The number of amides is 2. The Morgan fingerprint density at radius 2 is 1.63 bits per heavy atom. The summed E-state index contributed by atoms with van der Waals surface area (Å²) in [4.78, 5) is 43.5. The number of carbonyl (C=O) groups excluding carboxylic acids is 2. The minimum absolute atomic E-state index is 0.0584. The molecule has 2 amide bonds. The van der Waals surface area contributed by atoms with Crippen LogP contribution in [-0.4, -0.2) is 44.8 Å². The number of nitrogens with zero attached hydrogens (tertiary/aromatic N) is 2. The molecular weight excluding hydrogens is 462 g/mol. The third-order valence-corrected chi connectivity index (χ3v) is 6.69. The van der Waals surface area contributed by atoms with E-state index in [0.29, 0.717) is 23.1 Å². The van der Waals surface area contributed by atoms with Crippen LogP contribution in [0.15, 0.2) is 89.9 Å². The molecule has 4 rings (SSSR count). The van der Waals surface area contributed by atoms with Crippen LogP contribution in [-0.2, 0) is 16.0 Å². The third kappa shape index (κ3) is 6.58. The highest BCUT2D eigenvalue weighted by Gasteiger charge is 2.35. The van der Waals surface area contributed by atoms with E-state index in [1.807, 2.05) is 48.5 Å². The van der Waals surface area contributed by atoms with E-state index in [4.69, 9.17) is 5.11 Å². The lowest BCUT2D eigenvalue weighted by Crippen LogP contribution is -2.45. The summed E-state index contributed by atoms with van der Waals surface area (Å²) >= 11 is 1.27. The molecule has 2 N–H and O–H groups in total. The first-order valence-electron chi connectivity index (χ1n) is 11.3. The standard InChI is InChI=1S/C27H25N3O4S/c31-24-18-23(25(32)28-22-15-13-20(14-16-22)26(33)34)35-27(29-21-11-5-2-6-12-21)30(24)17-7-10-19-8-3-1-4-9-19/h1-6,8-9,11-16,23H,7,10,17-18H2,(H,28,32)(H,33,34)/t23-/m1/s1. The highest BCUT2D eigenvalue weighted by molar-refractivity contribution is 8.15. The first-order valence-corrected chi connectivity index (χ1v) is 12.2. The zero-order valence-corrected chi connectivity index (χ0v) is 19.8. The summed E-state index contributed by atoms with van der Waals surface area (Å²) in [7, 11) is 0. The molecule has 1 fully saturated rings. The number of aliphatic imine (C=N–C) groups is 1. The van der Waals surface area contributed by atoms with E-state index in [0.717, 1.165) is 12.8 Å². The average Bonchev–Trinajstić information content (AvgIpc) is 2.87. The number of anilines is 1. The van der Waals surface area contributed by atoms with E-state index >= 15 is 0 Å². The lowest BCUT2D eigenvalue weighted by atomic mass is 10.1. The van der Waals surface area contributed by atoms with Gasteiger partial charge in [-0.05, 0) is 54.8 Å². The largest absolute Gasteiger partial charge is 0.478 e. The van der Waals surface area contributed by atoms with Crippen LogP contribution < -0.4 is 5.32 Å². The van der Waals surface area contributed by atoms with Gasteiger partial charge >= 0.3 is 5.97 Å². The summed E-state index contributed by atoms with van der Waals surface area (Å²) in [6.45, 7) is 0.511. The number of benzene rings is 3. The molecule has 0 saturated carbocycles. The van der Waals surface area contributed by atoms with Crippen LogP contribution in [0.25, 0.3) is 0 Å². The van der Waals surface area contributed by atoms with E-state index in [1.165, 1.54) is 41.6 Å². The molecule has 1 atom stereocenters. The first-order chi connectivity index (χ1) is 17.0. The van der Waals surface area contributed by atoms with Crippen LogP contribution >= 0.6 is 11.8 Å². The molecule has 1 heterocycles. The van der Waals surface area contributed by atoms with Crippen LogP contribution in [0, 0.1) is 0 Å². The maximum absolute atomic E-state index is 13.1. The highest BCUT2D eigenvalue weighted by Crippen LogP contribution is 2.30. The summed E-state index contributed by atoms with van der Waals surface area (Å²) in [6.07, 6.45) is 1.67. The number of hydrogen-bond donors (Lipinski definition) is 2. The topological polar surface area (TPSA) is 99.1 Å². The molecule has 0 spiro atoms. The molecule has 178 valence electrons. The van der Waals surface area contributed by atoms with Gasteiger partial charge in [-0.1, -0.05) is 60.3 Å². The van der Waals surface area contributed by atoms with Gasteiger partial charge in [0.1, 0.15) is 5.25 Å². The second-order valence-corrected chi connectivity index (χ2v) is 9.22. The zero-order valence-electron chi connectivity index (χ0n) is 19.0. The van der Waals surface area contributed by atoms with Crippen molar-refractivity contribution in [2.45, 2.75) is 24.5 Å². The van der Waals surface area contributed by atoms with E-state index in [2.05, 4.69) is 22.4 Å². The lowest BCUT2D eigenvalue weighted by molar-refractivity contribution is -0.129. The summed E-state index contributed by atoms with van der Waals surface area (Å²) in [6, 6.07) is 25.4. The van der Waals surface area contributed by atoms with Gasteiger partial charge in [-0.25, -0.2) is 9.79 Å². The van der Waals surface area contributed by atoms with Gasteiger partial charge in [-0.3, -0.25) is 14.5 Å². The molecule has 3 aromatic rings. The van der Waals surface area contributed by atoms with Crippen molar-refractivity contribution in [2.75, 3.05) is 11.9 Å². The Labute approximate surface area is 207 Å². The first kappa shape index (κ1) is 24.2. The van der Waals surface area contributed by atoms with Gasteiger partial charge in [0, 0.05) is 18.7 Å². The summed E-state index contributed by atoms with van der Waals surface area (Å²) in [5.74, 6) is -1.51. The van der Waals surface area contributed by atoms with E-state index in [1.54, 1.807) is 4.90 Å². The van der Waals surface area contributed by atoms with Gasteiger partial charge in [-0.2, -0.15) is 0 Å². The van der Waals surface area contributed by atoms with Crippen molar-refractivity contribution >= 4 is 46.1 Å². The molecule has 0 radical (unpaired) electrons. The zero-order chi connectivity index (χ0) is 24.6. The Morgan fingerprint density at radius 3 is 2.29 bits per heavy atom. The van der Waals surface area contributed by atoms with Gasteiger partial charge in [-0.15, -0.1) is 0 Å². The van der Waals surface area contributed by atoms with Crippen molar-refractivity contribution in [1.82, 2.24) is 4.90 Å². The second-order valence-electron chi connectivity index (χ2n) is 8.05. The Kier molecular flexibility index (Phi) is 7.95. The van der Waals surface area contributed by atoms with E-state index in [-0.39, 0.29) is 23.8 Å². The van der Waals surface area contributed by atoms with E-state index < -0.39 is 11.2 Å². The molecule has 1 saturated heterocycles. The third-order valence-electron chi connectivity index (χ3n) is 5.50. The fourth-order valence-electron chi connectivity index (χ4n) is 3.68. The number of carboxylic acids is 1. The van der Waals surface area contributed by atoms with Crippen molar-refractivity contribution in [3.8, 4) is 0 Å². The SMILES string of the molecule is O=C(O)c1ccc(NC(=O)[C@H]2CC(=O)N(CCCc3ccccc3)C(=Nc3ccccc3)S2)cc1. The van der Waals surface area contributed by atoms with Crippen molar-refractivity contribution in [3.63, 3.8) is 0 Å². The van der Waals surface area contributed by atoms with Crippen LogP contribution in [0.2, 0.25) is 0 Å². The normalized spacial score (nSPS) is 16.8. The van der Waals surface area contributed by atoms with Crippen molar-refractivity contribution < 1.29 is 19.5 Å². The monoisotopic (exact) mass is 487 g/mol. The van der Waals surface area contributed by atoms with Crippen molar-refractivity contribution in [1.29, 1.82) is 0 Å². The highest BCUT2D eigenvalue weighted by atomic mass is 32.2. The van der Waals surface area contributed by atoms with Gasteiger partial charge in [0.15, 0.2) is 5.17 Å². The molecule has 1 aliphatic rings. The van der Waals surface area contributed by atoms with Crippen molar-refractivity contribution in [3.05, 3.63) is 96.1 Å². The summed E-state index contributed by atoms with van der Waals surface area (Å²) in [5, 5.41) is 11.7.